The Morgan fingerprint density at radius 2 is 1.38 bits per heavy atom. The number of para-hydroxylation sites is 1. The molecule has 29 heavy (non-hydrogen) atoms. The molecule has 1 heterocycles. The maximum absolute atomic E-state index is 6.83. The molecule has 1 aliphatic carbocycles. The number of hydrogen-bond donors (Lipinski definition) is 0. The van der Waals surface area contributed by atoms with Crippen molar-refractivity contribution in [2.24, 2.45) is 0 Å². The molecule has 2 heteroatoms. The minimum absolute atomic E-state index is 0.0829. The van der Waals surface area contributed by atoms with Crippen molar-refractivity contribution in [3.63, 3.8) is 0 Å². The predicted molar refractivity (Wildman–Crippen MR) is 123 cm³/mol. The highest BCUT2D eigenvalue weighted by Gasteiger charge is 2.38. The first-order valence-electron chi connectivity index (χ1n) is 10.0. The van der Waals surface area contributed by atoms with Gasteiger partial charge in [0.1, 0.15) is 0 Å². The smallest absolute Gasteiger partial charge is 0.0556 e. The van der Waals surface area contributed by atoms with Crippen molar-refractivity contribution < 1.29 is 0 Å². The van der Waals surface area contributed by atoms with E-state index in [-0.39, 0.29) is 5.41 Å². The number of aromatic nitrogens is 1. The minimum Gasteiger partial charge on any atom is -0.309 e. The van der Waals surface area contributed by atoms with E-state index in [4.69, 9.17) is 11.6 Å². The molecule has 0 radical (unpaired) electrons. The monoisotopic (exact) mass is 393 g/mol. The van der Waals surface area contributed by atoms with Gasteiger partial charge in [0, 0.05) is 21.9 Å². The van der Waals surface area contributed by atoms with Gasteiger partial charge in [0.05, 0.1) is 16.1 Å². The van der Waals surface area contributed by atoms with Crippen LogP contribution in [-0.2, 0) is 5.41 Å². The van der Waals surface area contributed by atoms with Crippen LogP contribution < -0.4 is 0 Å². The summed E-state index contributed by atoms with van der Waals surface area (Å²) in [6.45, 7) is 4.67. The van der Waals surface area contributed by atoms with Crippen LogP contribution in [0.4, 0.5) is 0 Å². The zero-order valence-corrected chi connectivity index (χ0v) is 17.2. The summed E-state index contributed by atoms with van der Waals surface area (Å²) in [5.41, 5.74) is 8.85. The Morgan fingerprint density at radius 1 is 0.655 bits per heavy atom. The van der Waals surface area contributed by atoms with Gasteiger partial charge in [-0.2, -0.15) is 0 Å². The van der Waals surface area contributed by atoms with E-state index >= 15 is 0 Å². The topological polar surface area (TPSA) is 4.93 Å². The van der Waals surface area contributed by atoms with Crippen molar-refractivity contribution >= 4 is 33.4 Å². The van der Waals surface area contributed by atoms with Crippen molar-refractivity contribution in [3.05, 3.63) is 101 Å². The fourth-order valence-corrected chi connectivity index (χ4v) is 5.50. The van der Waals surface area contributed by atoms with E-state index in [1.54, 1.807) is 0 Å². The number of hydrogen-bond acceptors (Lipinski definition) is 0. The Morgan fingerprint density at radius 3 is 2.21 bits per heavy atom. The van der Waals surface area contributed by atoms with Gasteiger partial charge in [-0.25, -0.2) is 0 Å². The molecule has 0 saturated carbocycles. The van der Waals surface area contributed by atoms with Gasteiger partial charge in [-0.1, -0.05) is 80.0 Å². The number of benzene rings is 4. The van der Waals surface area contributed by atoms with E-state index in [1.165, 1.54) is 33.2 Å². The number of halogens is 1. The minimum atomic E-state index is -0.0829. The molecule has 1 nitrogen and oxygen atoms in total. The largest absolute Gasteiger partial charge is 0.309 e. The second kappa shape index (κ2) is 5.75. The highest BCUT2D eigenvalue weighted by Crippen LogP contribution is 2.53. The van der Waals surface area contributed by atoms with E-state index < -0.39 is 0 Å². The van der Waals surface area contributed by atoms with E-state index in [0.29, 0.717) is 0 Å². The van der Waals surface area contributed by atoms with E-state index in [9.17, 15) is 0 Å². The fraction of sp³-hybridized carbons (Fsp3) is 0.111. The zero-order valence-electron chi connectivity index (χ0n) is 16.4. The maximum Gasteiger partial charge on any atom is 0.0556 e. The quantitative estimate of drug-likeness (QED) is 0.274. The van der Waals surface area contributed by atoms with Crippen molar-refractivity contribution in [3.8, 4) is 16.8 Å². The number of fused-ring (bicyclic) bond motifs is 7. The Kier molecular flexibility index (Phi) is 3.34. The second-order valence-electron chi connectivity index (χ2n) is 8.36. The highest BCUT2D eigenvalue weighted by atomic mass is 35.5. The summed E-state index contributed by atoms with van der Waals surface area (Å²) in [4.78, 5) is 0. The van der Waals surface area contributed by atoms with Crippen molar-refractivity contribution in [1.29, 1.82) is 0 Å². The third-order valence-electron chi connectivity index (χ3n) is 6.44. The predicted octanol–water partition coefficient (Wildman–Crippen LogP) is 7.74. The molecule has 140 valence electrons. The van der Waals surface area contributed by atoms with Crippen LogP contribution in [0.3, 0.4) is 0 Å². The summed E-state index contributed by atoms with van der Waals surface area (Å²) < 4.78 is 2.34. The van der Waals surface area contributed by atoms with Gasteiger partial charge in [-0.3, -0.25) is 0 Å². The second-order valence-corrected chi connectivity index (χ2v) is 8.76. The van der Waals surface area contributed by atoms with Gasteiger partial charge in [-0.05, 0) is 52.6 Å². The van der Waals surface area contributed by atoms with Gasteiger partial charge in [0.15, 0.2) is 0 Å². The van der Waals surface area contributed by atoms with Crippen LogP contribution in [-0.4, -0.2) is 4.57 Å². The van der Waals surface area contributed by atoms with Gasteiger partial charge in [0.25, 0.3) is 0 Å². The lowest BCUT2D eigenvalue weighted by atomic mass is 9.80. The summed E-state index contributed by atoms with van der Waals surface area (Å²) in [7, 11) is 0. The molecule has 5 aromatic rings. The van der Waals surface area contributed by atoms with Crippen LogP contribution in [0.2, 0.25) is 5.02 Å². The Bertz CT molecular complexity index is 1420. The first-order valence-corrected chi connectivity index (χ1v) is 10.4. The normalized spacial score (nSPS) is 14.3. The lowest BCUT2D eigenvalue weighted by Crippen LogP contribution is -2.15. The van der Waals surface area contributed by atoms with Gasteiger partial charge < -0.3 is 4.57 Å². The average molecular weight is 394 g/mol. The Labute approximate surface area is 175 Å². The molecule has 4 aromatic carbocycles. The summed E-state index contributed by atoms with van der Waals surface area (Å²) in [6.07, 6.45) is 0. The molecule has 0 fully saturated rings. The van der Waals surface area contributed by atoms with Gasteiger partial charge >= 0.3 is 0 Å². The van der Waals surface area contributed by atoms with Crippen LogP contribution in [0.15, 0.2) is 84.9 Å². The molecular weight excluding hydrogens is 374 g/mol. The number of rotatable bonds is 1. The van der Waals surface area contributed by atoms with Crippen molar-refractivity contribution in [2.75, 3.05) is 0 Å². The van der Waals surface area contributed by atoms with Gasteiger partial charge in [-0.15, -0.1) is 0 Å². The van der Waals surface area contributed by atoms with E-state index in [1.807, 2.05) is 12.1 Å². The standard InChI is InChI=1S/C27H20ClN/c1-27(2)20-12-7-6-11-18(20)19-15-16-23-25(26(19)27)24-21(28)13-8-14-22(24)29(23)17-9-4-3-5-10-17/h3-16H,1-2H3. The maximum atomic E-state index is 6.83. The molecule has 0 aliphatic heterocycles. The zero-order chi connectivity index (χ0) is 19.8. The molecule has 1 aliphatic rings. The lowest BCUT2D eigenvalue weighted by Gasteiger charge is -2.22. The Balaban J connectivity index is 1.86. The molecule has 0 spiro atoms. The summed E-state index contributed by atoms with van der Waals surface area (Å²) in [6, 6.07) is 30.1. The van der Waals surface area contributed by atoms with Gasteiger partial charge in [0.2, 0.25) is 0 Å². The molecule has 0 bridgehead atoms. The first kappa shape index (κ1) is 16.9. The fourth-order valence-electron chi connectivity index (χ4n) is 5.23. The number of nitrogens with zero attached hydrogens (tertiary/aromatic N) is 1. The van der Waals surface area contributed by atoms with Crippen LogP contribution >= 0.6 is 11.6 Å². The third-order valence-corrected chi connectivity index (χ3v) is 6.75. The Hall–Kier alpha value is -3.03. The van der Waals surface area contributed by atoms with Crippen LogP contribution in [0.25, 0.3) is 38.6 Å². The molecular formula is C27H20ClN. The van der Waals surface area contributed by atoms with Crippen molar-refractivity contribution in [2.45, 2.75) is 19.3 Å². The third kappa shape index (κ3) is 2.11. The molecule has 1 aromatic heterocycles. The summed E-state index contributed by atoms with van der Waals surface area (Å²) in [5.74, 6) is 0. The molecule has 0 unspecified atom stereocenters. The van der Waals surface area contributed by atoms with E-state index in [0.717, 1.165) is 21.6 Å². The molecule has 0 saturated heterocycles. The lowest BCUT2D eigenvalue weighted by molar-refractivity contribution is 0.666. The first-order chi connectivity index (χ1) is 14.1. The van der Waals surface area contributed by atoms with Crippen molar-refractivity contribution in [1.82, 2.24) is 4.57 Å². The average Bonchev–Trinajstić information content (AvgIpc) is 3.20. The molecule has 6 rings (SSSR count). The molecule has 0 amide bonds. The van der Waals surface area contributed by atoms with E-state index in [2.05, 4.69) is 91.2 Å². The summed E-state index contributed by atoms with van der Waals surface area (Å²) in [5, 5.41) is 3.22. The molecule has 0 atom stereocenters. The SMILES string of the molecule is CC1(C)c2ccccc2-c2ccc3c(c21)c1c(Cl)cccc1n3-c1ccccc1. The summed E-state index contributed by atoms with van der Waals surface area (Å²) >= 11 is 6.83. The van der Waals surface area contributed by atoms with Crippen LogP contribution in [0.5, 0.6) is 0 Å². The molecule has 0 N–H and O–H groups in total. The van der Waals surface area contributed by atoms with Crippen LogP contribution in [0, 0.1) is 0 Å². The van der Waals surface area contributed by atoms with Crippen LogP contribution in [0.1, 0.15) is 25.0 Å². The highest BCUT2D eigenvalue weighted by molar-refractivity contribution is 6.38.